The zero-order chi connectivity index (χ0) is 12.5. The zero-order valence-electron chi connectivity index (χ0n) is 9.49. The van der Waals surface area contributed by atoms with Crippen molar-refractivity contribution in [3.8, 4) is 11.5 Å². The van der Waals surface area contributed by atoms with E-state index in [2.05, 4.69) is 15.5 Å². The lowest BCUT2D eigenvalue weighted by molar-refractivity contribution is 0.410. The van der Waals surface area contributed by atoms with Crippen molar-refractivity contribution in [2.24, 2.45) is 0 Å². The highest BCUT2D eigenvalue weighted by molar-refractivity contribution is 6.30. The summed E-state index contributed by atoms with van der Waals surface area (Å²) in [6.45, 7) is 0.948. The summed E-state index contributed by atoms with van der Waals surface area (Å²) in [5.41, 5.74) is 0.274. The molecule has 1 saturated heterocycles. The second kappa shape index (κ2) is 4.66. The van der Waals surface area contributed by atoms with E-state index in [0.717, 1.165) is 19.4 Å². The molecule has 6 heteroatoms. The number of nitrogens with one attached hydrogen (secondary N) is 1. The predicted molar refractivity (Wildman–Crippen MR) is 64.7 cm³/mol. The summed E-state index contributed by atoms with van der Waals surface area (Å²) in [7, 11) is 0. The Hall–Kier alpha value is -1.46. The van der Waals surface area contributed by atoms with Crippen molar-refractivity contribution in [2.45, 2.75) is 18.9 Å². The highest BCUT2D eigenvalue weighted by Crippen LogP contribution is 2.26. The third-order valence-corrected chi connectivity index (χ3v) is 3.21. The van der Waals surface area contributed by atoms with E-state index in [9.17, 15) is 4.39 Å². The molecule has 18 heavy (non-hydrogen) atoms. The molecule has 1 fully saturated rings. The molecule has 2 heterocycles. The van der Waals surface area contributed by atoms with E-state index in [1.54, 1.807) is 6.07 Å². The van der Waals surface area contributed by atoms with Gasteiger partial charge in [-0.25, -0.2) is 4.39 Å². The van der Waals surface area contributed by atoms with Crippen LogP contribution in [0, 0.1) is 5.82 Å². The largest absolute Gasteiger partial charge is 0.334 e. The van der Waals surface area contributed by atoms with Crippen LogP contribution in [0.2, 0.25) is 5.02 Å². The first-order valence-corrected chi connectivity index (χ1v) is 6.14. The van der Waals surface area contributed by atoms with E-state index >= 15 is 0 Å². The first-order valence-electron chi connectivity index (χ1n) is 5.76. The van der Waals surface area contributed by atoms with Crippen LogP contribution in [0.5, 0.6) is 0 Å². The van der Waals surface area contributed by atoms with Crippen LogP contribution in [0.3, 0.4) is 0 Å². The van der Waals surface area contributed by atoms with Crippen LogP contribution in [-0.2, 0) is 0 Å². The molecular weight excluding hydrogens is 257 g/mol. The van der Waals surface area contributed by atoms with Gasteiger partial charge in [0.1, 0.15) is 5.82 Å². The van der Waals surface area contributed by atoms with E-state index in [4.69, 9.17) is 16.1 Å². The second-order valence-electron chi connectivity index (χ2n) is 4.23. The topological polar surface area (TPSA) is 51.0 Å². The number of rotatable bonds is 2. The molecule has 2 aromatic rings. The van der Waals surface area contributed by atoms with Crippen molar-refractivity contribution < 1.29 is 8.91 Å². The molecule has 1 aromatic heterocycles. The molecule has 0 saturated carbocycles. The summed E-state index contributed by atoms with van der Waals surface area (Å²) in [5, 5.41) is 7.49. The molecular formula is C12H11ClFN3O. The fourth-order valence-corrected chi connectivity index (χ4v) is 2.21. The summed E-state index contributed by atoms with van der Waals surface area (Å²) < 4.78 is 18.8. The van der Waals surface area contributed by atoms with Gasteiger partial charge in [-0.2, -0.15) is 4.98 Å². The predicted octanol–water partition coefficient (Wildman–Crippen LogP) is 2.95. The summed E-state index contributed by atoms with van der Waals surface area (Å²) >= 11 is 5.70. The van der Waals surface area contributed by atoms with Crippen molar-refractivity contribution in [1.82, 2.24) is 15.5 Å². The Morgan fingerprint density at radius 2 is 2.33 bits per heavy atom. The van der Waals surface area contributed by atoms with Gasteiger partial charge >= 0.3 is 0 Å². The van der Waals surface area contributed by atoms with Gasteiger partial charge in [0, 0.05) is 5.02 Å². The molecule has 0 amide bonds. The lowest BCUT2D eigenvalue weighted by Crippen LogP contribution is -2.14. The molecule has 0 spiro atoms. The van der Waals surface area contributed by atoms with E-state index < -0.39 is 5.82 Å². The minimum absolute atomic E-state index is 0.109. The molecule has 0 aliphatic carbocycles. The van der Waals surface area contributed by atoms with Crippen molar-refractivity contribution in [3.05, 3.63) is 34.9 Å². The highest BCUT2D eigenvalue weighted by Gasteiger charge is 2.22. The van der Waals surface area contributed by atoms with E-state index in [0.29, 0.717) is 10.8 Å². The zero-order valence-corrected chi connectivity index (χ0v) is 10.2. The van der Waals surface area contributed by atoms with E-state index in [1.807, 2.05) is 0 Å². The summed E-state index contributed by atoms with van der Waals surface area (Å²) in [4.78, 5) is 4.23. The van der Waals surface area contributed by atoms with Crippen LogP contribution >= 0.6 is 11.6 Å². The molecule has 1 aliphatic rings. The van der Waals surface area contributed by atoms with Crippen LogP contribution in [0.25, 0.3) is 11.5 Å². The number of benzene rings is 1. The molecule has 0 bridgehead atoms. The Balaban J connectivity index is 1.92. The standard InChI is InChI=1S/C12H11ClFN3O/c13-7-3-4-8(9(14)6-7)12-16-11(17-18-12)10-2-1-5-15-10/h3-4,6,10,15H,1-2,5H2. The van der Waals surface area contributed by atoms with Gasteiger partial charge < -0.3 is 9.84 Å². The molecule has 0 radical (unpaired) electrons. The SMILES string of the molecule is Fc1cc(Cl)ccc1-c1nc(C2CCCN2)no1. The summed E-state index contributed by atoms with van der Waals surface area (Å²) in [6.07, 6.45) is 2.06. The van der Waals surface area contributed by atoms with Crippen molar-refractivity contribution >= 4 is 11.6 Å². The minimum atomic E-state index is -0.461. The Labute approximate surface area is 108 Å². The molecule has 1 atom stereocenters. The average Bonchev–Trinajstić information content (AvgIpc) is 2.99. The molecule has 1 N–H and O–H groups in total. The van der Waals surface area contributed by atoms with E-state index in [1.165, 1.54) is 12.1 Å². The summed E-state index contributed by atoms with van der Waals surface area (Å²) in [5.74, 6) is 0.307. The maximum atomic E-state index is 13.7. The number of hydrogen-bond acceptors (Lipinski definition) is 4. The molecule has 1 unspecified atom stereocenters. The van der Waals surface area contributed by atoms with Crippen LogP contribution in [-0.4, -0.2) is 16.7 Å². The third-order valence-electron chi connectivity index (χ3n) is 2.98. The number of hydrogen-bond donors (Lipinski definition) is 1. The number of aromatic nitrogens is 2. The minimum Gasteiger partial charge on any atom is -0.334 e. The Bertz CT molecular complexity index is 566. The highest BCUT2D eigenvalue weighted by atomic mass is 35.5. The van der Waals surface area contributed by atoms with Crippen LogP contribution in [0.1, 0.15) is 24.7 Å². The monoisotopic (exact) mass is 267 g/mol. The second-order valence-corrected chi connectivity index (χ2v) is 4.67. The van der Waals surface area contributed by atoms with Crippen LogP contribution < -0.4 is 5.32 Å². The summed E-state index contributed by atoms with van der Waals surface area (Å²) in [6, 6.07) is 4.47. The van der Waals surface area contributed by atoms with Gasteiger partial charge in [0.15, 0.2) is 5.82 Å². The van der Waals surface area contributed by atoms with Crippen LogP contribution in [0.15, 0.2) is 22.7 Å². The van der Waals surface area contributed by atoms with Crippen LogP contribution in [0.4, 0.5) is 4.39 Å². The average molecular weight is 268 g/mol. The lowest BCUT2D eigenvalue weighted by atomic mass is 10.2. The fraction of sp³-hybridized carbons (Fsp3) is 0.333. The Kier molecular flexibility index (Phi) is 3.01. The van der Waals surface area contributed by atoms with Gasteiger partial charge in [0.25, 0.3) is 5.89 Å². The maximum absolute atomic E-state index is 13.7. The lowest BCUT2D eigenvalue weighted by Gasteiger charge is -2.01. The molecule has 4 nitrogen and oxygen atoms in total. The van der Waals surface area contributed by atoms with Gasteiger partial charge in [0.2, 0.25) is 0 Å². The van der Waals surface area contributed by atoms with Crippen molar-refractivity contribution in [1.29, 1.82) is 0 Å². The number of halogens is 2. The van der Waals surface area contributed by atoms with Gasteiger partial charge in [-0.1, -0.05) is 16.8 Å². The normalized spacial score (nSPS) is 19.3. The molecule has 94 valence electrons. The first kappa shape index (κ1) is 11.6. The molecule has 3 rings (SSSR count). The van der Waals surface area contributed by atoms with Gasteiger partial charge in [-0.05, 0) is 37.6 Å². The Morgan fingerprint density at radius 3 is 3.06 bits per heavy atom. The van der Waals surface area contributed by atoms with Gasteiger partial charge in [0.05, 0.1) is 11.6 Å². The first-order chi connectivity index (χ1) is 8.74. The fourth-order valence-electron chi connectivity index (χ4n) is 2.05. The molecule has 1 aliphatic heterocycles. The van der Waals surface area contributed by atoms with Gasteiger partial charge in [-0.3, -0.25) is 0 Å². The quantitative estimate of drug-likeness (QED) is 0.909. The maximum Gasteiger partial charge on any atom is 0.260 e. The van der Waals surface area contributed by atoms with Gasteiger partial charge in [-0.15, -0.1) is 0 Å². The molecule has 1 aromatic carbocycles. The van der Waals surface area contributed by atoms with E-state index in [-0.39, 0.29) is 17.5 Å². The van der Waals surface area contributed by atoms with Crippen molar-refractivity contribution in [3.63, 3.8) is 0 Å². The van der Waals surface area contributed by atoms with Crippen molar-refractivity contribution in [2.75, 3.05) is 6.54 Å². The Morgan fingerprint density at radius 1 is 1.44 bits per heavy atom. The smallest absolute Gasteiger partial charge is 0.260 e. The number of nitrogens with zero attached hydrogens (tertiary/aromatic N) is 2. The third kappa shape index (κ3) is 2.11.